The fraction of sp³-hybridized carbons (Fsp3) is 0.500. The molecular formula is C18H26N6O. The van der Waals surface area contributed by atoms with Crippen LogP contribution in [0.15, 0.2) is 37.1 Å². The summed E-state index contributed by atoms with van der Waals surface area (Å²) in [6, 6.07) is 4.41. The molecule has 1 aliphatic rings. The Kier molecular flexibility index (Phi) is 6.00. The van der Waals surface area contributed by atoms with Crippen LogP contribution in [0.25, 0.3) is 5.82 Å². The highest BCUT2D eigenvalue weighted by Crippen LogP contribution is 2.21. The molecule has 2 aromatic heterocycles. The summed E-state index contributed by atoms with van der Waals surface area (Å²) in [6.45, 7) is 2.01. The number of likely N-dealkylation sites (N-methyl/N-ethyl adjacent to an activating group) is 1. The number of nitrogens with zero attached hydrogens (tertiary/aromatic N) is 4. The topological polar surface area (TPSA) is 75.1 Å². The maximum absolute atomic E-state index is 11.9. The molecule has 0 spiro atoms. The van der Waals surface area contributed by atoms with Gasteiger partial charge in [-0.1, -0.05) is 18.9 Å². The summed E-state index contributed by atoms with van der Waals surface area (Å²) < 4.78 is 1.84. The predicted molar refractivity (Wildman–Crippen MR) is 96.5 cm³/mol. The van der Waals surface area contributed by atoms with Crippen LogP contribution in [0.3, 0.4) is 0 Å². The van der Waals surface area contributed by atoms with Crippen molar-refractivity contribution in [1.82, 2.24) is 30.1 Å². The van der Waals surface area contributed by atoms with Gasteiger partial charge in [0.2, 0.25) is 0 Å². The van der Waals surface area contributed by atoms with E-state index in [1.54, 1.807) is 18.7 Å². The maximum atomic E-state index is 11.9. The largest absolute Gasteiger partial charge is 0.337 e. The van der Waals surface area contributed by atoms with Crippen molar-refractivity contribution in [1.29, 1.82) is 0 Å². The maximum Gasteiger partial charge on any atom is 0.315 e. The Labute approximate surface area is 148 Å². The minimum atomic E-state index is -0.140. The van der Waals surface area contributed by atoms with Crippen molar-refractivity contribution in [2.24, 2.45) is 0 Å². The second-order valence-electron chi connectivity index (χ2n) is 6.52. The molecule has 25 heavy (non-hydrogen) atoms. The smallest absolute Gasteiger partial charge is 0.315 e. The SMILES string of the molecule is CN(CCNC(=O)NCc1ccc(-n2ccnc2)nc1)C1CCCC1. The number of nitrogens with one attached hydrogen (secondary N) is 2. The minimum absolute atomic E-state index is 0.140. The van der Waals surface area contributed by atoms with Crippen LogP contribution >= 0.6 is 0 Å². The summed E-state index contributed by atoms with van der Waals surface area (Å²) in [5, 5.41) is 5.79. The molecule has 7 nitrogen and oxygen atoms in total. The van der Waals surface area contributed by atoms with Crippen LogP contribution in [0.1, 0.15) is 31.2 Å². The van der Waals surface area contributed by atoms with Crippen LogP contribution in [0.4, 0.5) is 4.79 Å². The number of hydrogen-bond acceptors (Lipinski definition) is 4. The van der Waals surface area contributed by atoms with Gasteiger partial charge in [0.05, 0.1) is 0 Å². The van der Waals surface area contributed by atoms with E-state index >= 15 is 0 Å². The zero-order valence-electron chi connectivity index (χ0n) is 14.7. The zero-order chi connectivity index (χ0) is 17.5. The molecule has 0 atom stereocenters. The molecule has 0 bridgehead atoms. The van der Waals surface area contributed by atoms with Crippen molar-refractivity contribution in [2.45, 2.75) is 38.3 Å². The molecule has 1 saturated carbocycles. The molecule has 2 N–H and O–H groups in total. The zero-order valence-corrected chi connectivity index (χ0v) is 14.7. The van der Waals surface area contributed by atoms with Crippen LogP contribution in [-0.2, 0) is 6.54 Å². The molecule has 2 heterocycles. The first-order chi connectivity index (χ1) is 12.2. The highest BCUT2D eigenvalue weighted by Gasteiger charge is 2.18. The normalized spacial score (nSPS) is 14.8. The third kappa shape index (κ3) is 5.03. The minimum Gasteiger partial charge on any atom is -0.337 e. The average molecular weight is 342 g/mol. The van der Waals surface area contributed by atoms with Crippen LogP contribution in [-0.4, -0.2) is 51.6 Å². The third-order valence-corrected chi connectivity index (χ3v) is 4.73. The van der Waals surface area contributed by atoms with E-state index in [-0.39, 0.29) is 6.03 Å². The molecule has 0 aliphatic heterocycles. The molecule has 1 aliphatic carbocycles. The summed E-state index contributed by atoms with van der Waals surface area (Å²) in [5.41, 5.74) is 0.960. The Balaban J connectivity index is 1.35. The first-order valence-corrected chi connectivity index (χ1v) is 8.87. The predicted octanol–water partition coefficient (Wildman–Crippen LogP) is 1.94. The fourth-order valence-electron chi connectivity index (χ4n) is 3.19. The summed E-state index contributed by atoms with van der Waals surface area (Å²) in [4.78, 5) is 22.6. The van der Waals surface area contributed by atoms with Gasteiger partial charge >= 0.3 is 6.03 Å². The number of amides is 2. The Morgan fingerprint density at radius 1 is 1.32 bits per heavy atom. The van der Waals surface area contributed by atoms with E-state index in [1.807, 2.05) is 22.9 Å². The lowest BCUT2D eigenvalue weighted by molar-refractivity contribution is 0.228. The van der Waals surface area contributed by atoms with E-state index in [1.165, 1.54) is 25.7 Å². The number of rotatable bonds is 7. The lowest BCUT2D eigenvalue weighted by Gasteiger charge is -2.23. The standard InChI is InChI=1S/C18H26N6O/c1-23(16-4-2-3-5-16)10-9-20-18(25)22-13-15-6-7-17(21-12-15)24-11-8-19-14-24/h6-8,11-12,14,16H,2-5,9-10,13H2,1H3,(H2,20,22,25). The first-order valence-electron chi connectivity index (χ1n) is 8.87. The summed E-state index contributed by atoms with van der Waals surface area (Å²) in [6.07, 6.45) is 12.3. The first kappa shape index (κ1) is 17.4. The quantitative estimate of drug-likeness (QED) is 0.806. The molecule has 2 aromatic rings. The second-order valence-corrected chi connectivity index (χ2v) is 6.52. The van der Waals surface area contributed by atoms with E-state index in [2.05, 4.69) is 32.5 Å². The monoisotopic (exact) mass is 342 g/mol. The Morgan fingerprint density at radius 3 is 2.84 bits per heavy atom. The van der Waals surface area contributed by atoms with Crippen molar-refractivity contribution in [3.05, 3.63) is 42.6 Å². The molecule has 2 amide bonds. The van der Waals surface area contributed by atoms with Crippen LogP contribution in [0, 0.1) is 0 Å². The van der Waals surface area contributed by atoms with E-state index in [9.17, 15) is 4.79 Å². The van der Waals surface area contributed by atoms with Gasteiger partial charge in [0.1, 0.15) is 12.1 Å². The third-order valence-electron chi connectivity index (χ3n) is 4.73. The summed E-state index contributed by atoms with van der Waals surface area (Å²) in [5.74, 6) is 0.806. The van der Waals surface area contributed by atoms with Gasteiger partial charge in [-0.25, -0.2) is 14.8 Å². The van der Waals surface area contributed by atoms with Gasteiger partial charge in [-0.05, 0) is 31.5 Å². The van der Waals surface area contributed by atoms with E-state index in [4.69, 9.17) is 0 Å². The molecule has 7 heteroatoms. The fourth-order valence-corrected chi connectivity index (χ4v) is 3.19. The molecule has 1 fully saturated rings. The Morgan fingerprint density at radius 2 is 2.16 bits per heavy atom. The molecular weight excluding hydrogens is 316 g/mol. The lowest BCUT2D eigenvalue weighted by Crippen LogP contribution is -2.41. The molecule has 3 rings (SSSR count). The molecule has 0 saturated heterocycles. The molecule has 134 valence electrons. The average Bonchev–Trinajstić information content (AvgIpc) is 3.34. The van der Waals surface area contributed by atoms with E-state index < -0.39 is 0 Å². The Bertz CT molecular complexity index is 649. The lowest BCUT2D eigenvalue weighted by atomic mass is 10.2. The number of urea groups is 1. The molecule has 0 aromatic carbocycles. The van der Waals surface area contributed by atoms with Crippen LogP contribution < -0.4 is 10.6 Å². The van der Waals surface area contributed by atoms with E-state index in [0.29, 0.717) is 19.1 Å². The summed E-state index contributed by atoms with van der Waals surface area (Å²) in [7, 11) is 2.14. The number of aromatic nitrogens is 3. The van der Waals surface area contributed by atoms with Gasteiger partial charge in [0.15, 0.2) is 0 Å². The Hall–Kier alpha value is -2.41. The number of carbonyl (C=O) groups is 1. The van der Waals surface area contributed by atoms with Gasteiger partial charge in [-0.2, -0.15) is 0 Å². The van der Waals surface area contributed by atoms with Crippen molar-refractivity contribution in [3.63, 3.8) is 0 Å². The summed E-state index contributed by atoms with van der Waals surface area (Å²) >= 11 is 0. The highest BCUT2D eigenvalue weighted by molar-refractivity contribution is 5.73. The van der Waals surface area contributed by atoms with Crippen molar-refractivity contribution in [3.8, 4) is 5.82 Å². The van der Waals surface area contributed by atoms with Gasteiger partial charge in [0, 0.05) is 44.3 Å². The van der Waals surface area contributed by atoms with Gasteiger partial charge in [-0.15, -0.1) is 0 Å². The van der Waals surface area contributed by atoms with Gasteiger partial charge in [-0.3, -0.25) is 4.57 Å². The van der Waals surface area contributed by atoms with Crippen molar-refractivity contribution in [2.75, 3.05) is 20.1 Å². The van der Waals surface area contributed by atoms with Gasteiger partial charge in [0.25, 0.3) is 0 Å². The number of pyridine rings is 1. The number of imidazole rings is 1. The van der Waals surface area contributed by atoms with E-state index in [0.717, 1.165) is 17.9 Å². The second kappa shape index (κ2) is 8.62. The van der Waals surface area contributed by atoms with Crippen molar-refractivity contribution < 1.29 is 4.79 Å². The molecule has 0 unspecified atom stereocenters. The highest BCUT2D eigenvalue weighted by atomic mass is 16.2. The van der Waals surface area contributed by atoms with Crippen LogP contribution in [0.5, 0.6) is 0 Å². The van der Waals surface area contributed by atoms with Crippen LogP contribution in [0.2, 0.25) is 0 Å². The van der Waals surface area contributed by atoms with Crippen molar-refractivity contribution >= 4 is 6.03 Å². The molecule has 0 radical (unpaired) electrons. The van der Waals surface area contributed by atoms with Gasteiger partial charge < -0.3 is 15.5 Å². The number of carbonyl (C=O) groups excluding carboxylic acids is 1. The number of hydrogen-bond donors (Lipinski definition) is 2.